The Bertz CT molecular complexity index is 1130. The lowest BCUT2D eigenvalue weighted by Gasteiger charge is -2.17. The van der Waals surface area contributed by atoms with Crippen LogP contribution in [0.25, 0.3) is 0 Å². The standard InChI is InChI=1S/C15H5Cl3F3NO5S/c16-7-4-5-8(12(18)11(7)17)22-13(23)6-2-1-3-9(10(6)14(22)24)27-28(25,26)15(19,20)21/h1-5H. The zero-order valence-corrected chi connectivity index (χ0v) is 16.1. The van der Waals surface area contributed by atoms with E-state index in [1.54, 1.807) is 0 Å². The predicted molar refractivity (Wildman–Crippen MR) is 94.7 cm³/mol. The minimum absolute atomic E-state index is 0.0346. The highest BCUT2D eigenvalue weighted by atomic mass is 35.5. The topological polar surface area (TPSA) is 80.8 Å². The number of alkyl halides is 3. The molecular formula is C15H5Cl3F3NO5S. The van der Waals surface area contributed by atoms with Crippen LogP contribution >= 0.6 is 34.8 Å². The van der Waals surface area contributed by atoms with Crippen LogP contribution < -0.4 is 9.08 Å². The second-order valence-corrected chi connectivity index (χ2v) is 8.00. The Kier molecular flexibility index (Phi) is 5.03. The number of anilines is 1. The average Bonchev–Trinajstić information content (AvgIpc) is 2.84. The van der Waals surface area contributed by atoms with Gasteiger partial charge in [-0.1, -0.05) is 40.9 Å². The van der Waals surface area contributed by atoms with Gasteiger partial charge in [0.1, 0.15) is 0 Å². The van der Waals surface area contributed by atoms with Gasteiger partial charge in [0.2, 0.25) is 0 Å². The molecule has 1 heterocycles. The lowest BCUT2D eigenvalue weighted by molar-refractivity contribution is -0.0500. The van der Waals surface area contributed by atoms with Crippen molar-refractivity contribution in [2.45, 2.75) is 5.51 Å². The molecule has 28 heavy (non-hydrogen) atoms. The Labute approximate surface area is 170 Å². The quantitative estimate of drug-likeness (QED) is 0.279. The zero-order valence-electron chi connectivity index (χ0n) is 13.1. The maximum atomic E-state index is 12.7. The second-order valence-electron chi connectivity index (χ2n) is 5.30. The molecule has 0 fully saturated rings. The number of benzene rings is 2. The van der Waals surface area contributed by atoms with E-state index in [0.717, 1.165) is 18.2 Å². The molecule has 0 aliphatic carbocycles. The number of hydrogen-bond acceptors (Lipinski definition) is 5. The smallest absolute Gasteiger partial charge is 0.375 e. The van der Waals surface area contributed by atoms with Crippen molar-refractivity contribution < 1.29 is 35.4 Å². The molecule has 148 valence electrons. The first-order valence-corrected chi connectivity index (χ1v) is 9.57. The lowest BCUT2D eigenvalue weighted by Crippen LogP contribution is -2.30. The van der Waals surface area contributed by atoms with E-state index in [1.807, 2.05) is 0 Å². The van der Waals surface area contributed by atoms with Crippen molar-refractivity contribution in [3.8, 4) is 5.75 Å². The Morgan fingerprint density at radius 1 is 0.929 bits per heavy atom. The van der Waals surface area contributed by atoms with E-state index in [1.165, 1.54) is 12.1 Å². The van der Waals surface area contributed by atoms with Gasteiger partial charge in [-0.05, 0) is 24.3 Å². The monoisotopic (exact) mass is 473 g/mol. The van der Waals surface area contributed by atoms with Crippen molar-refractivity contribution in [2.24, 2.45) is 0 Å². The van der Waals surface area contributed by atoms with Gasteiger partial charge in [0.15, 0.2) is 5.75 Å². The first-order chi connectivity index (χ1) is 12.9. The predicted octanol–water partition coefficient (Wildman–Crippen LogP) is 4.68. The normalized spacial score (nSPS) is 14.4. The highest BCUT2D eigenvalue weighted by Crippen LogP contribution is 2.42. The van der Waals surface area contributed by atoms with Crippen LogP contribution in [0.4, 0.5) is 18.9 Å². The van der Waals surface area contributed by atoms with Crippen molar-refractivity contribution in [1.29, 1.82) is 0 Å². The second kappa shape index (κ2) is 6.80. The van der Waals surface area contributed by atoms with Crippen molar-refractivity contribution in [1.82, 2.24) is 0 Å². The Hall–Kier alpha value is -2.01. The van der Waals surface area contributed by atoms with Crippen molar-refractivity contribution in [3.63, 3.8) is 0 Å². The van der Waals surface area contributed by atoms with Crippen LogP contribution in [0.5, 0.6) is 5.75 Å². The number of nitrogens with zero attached hydrogens (tertiary/aromatic N) is 1. The summed E-state index contributed by atoms with van der Waals surface area (Å²) in [5, 5.41) is -0.380. The fourth-order valence-corrected chi connectivity index (χ4v) is 3.48. The van der Waals surface area contributed by atoms with Crippen LogP contribution in [0.15, 0.2) is 30.3 Å². The van der Waals surface area contributed by atoms with Crippen LogP contribution in [0.1, 0.15) is 20.7 Å². The number of carbonyl (C=O) groups excluding carboxylic acids is 2. The molecule has 0 radical (unpaired) electrons. The van der Waals surface area contributed by atoms with Gasteiger partial charge in [-0.15, -0.1) is 0 Å². The van der Waals surface area contributed by atoms with Crippen LogP contribution in [0.3, 0.4) is 0 Å². The SMILES string of the molecule is O=C1c2cccc(OS(=O)(=O)C(F)(F)F)c2C(=O)N1c1ccc(Cl)c(Cl)c1Cl. The van der Waals surface area contributed by atoms with Gasteiger partial charge in [0, 0.05) is 0 Å². The molecule has 0 N–H and O–H groups in total. The summed E-state index contributed by atoms with van der Waals surface area (Å²) in [6, 6.07) is 5.44. The molecule has 2 aromatic rings. The minimum Gasteiger partial charge on any atom is -0.375 e. The Morgan fingerprint density at radius 2 is 1.57 bits per heavy atom. The van der Waals surface area contributed by atoms with Crippen molar-refractivity contribution in [2.75, 3.05) is 4.90 Å². The molecule has 0 saturated heterocycles. The van der Waals surface area contributed by atoms with Gasteiger partial charge >= 0.3 is 15.6 Å². The number of rotatable bonds is 3. The molecule has 6 nitrogen and oxygen atoms in total. The first-order valence-electron chi connectivity index (χ1n) is 7.03. The third kappa shape index (κ3) is 3.20. The zero-order chi connectivity index (χ0) is 21.0. The average molecular weight is 475 g/mol. The number of amides is 2. The Balaban J connectivity index is 2.12. The van der Waals surface area contributed by atoms with Gasteiger partial charge in [-0.25, -0.2) is 4.90 Å². The van der Waals surface area contributed by atoms with Crippen LogP contribution in [-0.4, -0.2) is 25.7 Å². The highest BCUT2D eigenvalue weighted by Gasteiger charge is 2.50. The van der Waals surface area contributed by atoms with E-state index in [9.17, 15) is 31.2 Å². The summed E-state index contributed by atoms with van der Waals surface area (Å²) < 4.78 is 64.4. The molecule has 0 saturated carbocycles. The van der Waals surface area contributed by atoms with E-state index in [-0.39, 0.29) is 26.3 Å². The maximum Gasteiger partial charge on any atom is 0.534 e. The highest BCUT2D eigenvalue weighted by molar-refractivity contribution is 7.88. The summed E-state index contributed by atoms with van der Waals surface area (Å²) in [5.74, 6) is -3.06. The number of carbonyl (C=O) groups is 2. The van der Waals surface area contributed by atoms with E-state index in [0.29, 0.717) is 4.90 Å². The number of halogens is 6. The van der Waals surface area contributed by atoms with Crippen LogP contribution in [0, 0.1) is 0 Å². The molecule has 0 atom stereocenters. The van der Waals surface area contributed by atoms with Crippen LogP contribution in [-0.2, 0) is 10.1 Å². The summed E-state index contributed by atoms with van der Waals surface area (Å²) in [7, 11) is -6.06. The van der Waals surface area contributed by atoms with E-state index in [2.05, 4.69) is 4.18 Å². The van der Waals surface area contributed by atoms with Gasteiger partial charge in [0.05, 0.1) is 31.9 Å². The first kappa shape index (κ1) is 20.7. The summed E-state index contributed by atoms with van der Waals surface area (Å²) >= 11 is 17.7. The molecule has 2 amide bonds. The summed E-state index contributed by atoms with van der Waals surface area (Å²) in [6.45, 7) is 0. The molecule has 0 unspecified atom stereocenters. The number of fused-ring (bicyclic) bond motifs is 1. The van der Waals surface area contributed by atoms with Gasteiger partial charge in [-0.2, -0.15) is 21.6 Å². The number of hydrogen-bond donors (Lipinski definition) is 0. The minimum atomic E-state index is -6.06. The molecule has 13 heteroatoms. The third-order valence-electron chi connectivity index (χ3n) is 3.62. The Morgan fingerprint density at radius 3 is 2.18 bits per heavy atom. The molecular weight excluding hydrogens is 470 g/mol. The van der Waals surface area contributed by atoms with Gasteiger partial charge in [0.25, 0.3) is 11.8 Å². The molecule has 0 aromatic heterocycles. The largest absolute Gasteiger partial charge is 0.534 e. The van der Waals surface area contributed by atoms with E-state index in [4.69, 9.17) is 34.8 Å². The van der Waals surface area contributed by atoms with E-state index < -0.39 is 38.8 Å². The van der Waals surface area contributed by atoms with Crippen LogP contribution in [0.2, 0.25) is 15.1 Å². The fraction of sp³-hybridized carbons (Fsp3) is 0.0667. The molecule has 3 rings (SSSR count). The molecule has 0 spiro atoms. The summed E-state index contributed by atoms with van der Waals surface area (Å²) in [5.41, 5.74) is -6.95. The van der Waals surface area contributed by atoms with E-state index >= 15 is 0 Å². The molecule has 0 bridgehead atoms. The third-order valence-corrected chi connectivity index (χ3v) is 5.86. The fourth-order valence-electron chi connectivity index (χ4n) is 2.40. The summed E-state index contributed by atoms with van der Waals surface area (Å²) in [6.07, 6.45) is 0. The van der Waals surface area contributed by atoms with Crippen molar-refractivity contribution in [3.05, 3.63) is 56.5 Å². The summed E-state index contributed by atoms with van der Waals surface area (Å²) in [4.78, 5) is 25.9. The number of imide groups is 1. The maximum absolute atomic E-state index is 12.7. The van der Waals surface area contributed by atoms with Gasteiger partial charge < -0.3 is 4.18 Å². The molecule has 1 aliphatic rings. The van der Waals surface area contributed by atoms with Crippen molar-refractivity contribution >= 4 is 62.4 Å². The van der Waals surface area contributed by atoms with Gasteiger partial charge in [-0.3, -0.25) is 9.59 Å². The lowest BCUT2D eigenvalue weighted by atomic mass is 10.1. The molecule has 1 aliphatic heterocycles. The molecule has 2 aromatic carbocycles.